The van der Waals surface area contributed by atoms with Gasteiger partial charge in [-0.3, -0.25) is 10.1 Å². The molecule has 2 aliphatic heterocycles. The molecule has 1 saturated carbocycles. The zero-order chi connectivity index (χ0) is 31.8. The highest BCUT2D eigenvalue weighted by molar-refractivity contribution is 6.30. The smallest absolute Gasteiger partial charge is 0.429 e. The summed E-state index contributed by atoms with van der Waals surface area (Å²) in [5, 5.41) is 24.4. The first-order chi connectivity index (χ1) is 21.5. The molecule has 3 aromatic rings. The van der Waals surface area contributed by atoms with Gasteiger partial charge in [0.25, 0.3) is 0 Å². The van der Waals surface area contributed by atoms with Crippen LogP contribution in [0.5, 0.6) is 5.88 Å². The van der Waals surface area contributed by atoms with Crippen LogP contribution in [0.1, 0.15) is 80.5 Å². The third-order valence-corrected chi connectivity index (χ3v) is 9.46. The lowest BCUT2D eigenvalue weighted by Gasteiger charge is -2.38. The molecule has 2 unspecified atom stereocenters. The molecule has 1 aromatic carbocycles. The standard InChI is InChI=1S/C31H37ClF3N7O3/c1-18-9-14-42(41-18)24-15-19(32)7-8-21(24)27(31(33,34)35)45-25-16-22(39-29(40-25)37-20-5-3-2-4-6-20)26-30(10-12-36-13-11-30)17-23(38-26)28(43)44/h7-9,14-16,20,23,26-27,36,38H,2-6,10-13,17H2,1H3,(H,43,44)(H,37,39,40)/t23?,26?,27-/m1/s1. The zero-order valence-electron chi connectivity index (χ0n) is 24.9. The van der Waals surface area contributed by atoms with Gasteiger partial charge in [0.2, 0.25) is 17.9 Å². The number of nitrogens with one attached hydrogen (secondary N) is 3. The highest BCUT2D eigenvalue weighted by Gasteiger charge is 2.51. The number of aliphatic carboxylic acids is 1. The maximum atomic E-state index is 14.9. The predicted octanol–water partition coefficient (Wildman–Crippen LogP) is 5.91. The predicted molar refractivity (Wildman–Crippen MR) is 162 cm³/mol. The van der Waals surface area contributed by atoms with Crippen molar-refractivity contribution in [3.63, 3.8) is 0 Å². The second kappa shape index (κ2) is 12.8. The van der Waals surface area contributed by atoms with Crippen LogP contribution in [0.25, 0.3) is 5.69 Å². The fourth-order valence-electron chi connectivity index (χ4n) is 6.99. The van der Waals surface area contributed by atoms with Crippen LogP contribution in [0.2, 0.25) is 5.02 Å². The number of hydrogen-bond donors (Lipinski definition) is 4. The average molecular weight is 648 g/mol. The molecule has 6 rings (SSSR count). The Morgan fingerprint density at radius 1 is 1.16 bits per heavy atom. The van der Waals surface area contributed by atoms with Crippen LogP contribution in [0, 0.1) is 12.3 Å². The van der Waals surface area contributed by atoms with E-state index in [-0.39, 0.29) is 34.1 Å². The molecule has 45 heavy (non-hydrogen) atoms. The number of piperidine rings is 1. The van der Waals surface area contributed by atoms with Crippen molar-refractivity contribution in [2.45, 2.75) is 88.7 Å². The number of halogens is 4. The second-order valence-electron chi connectivity index (χ2n) is 12.4. The molecule has 1 aliphatic carbocycles. The Hall–Kier alpha value is -3.42. The summed E-state index contributed by atoms with van der Waals surface area (Å²) in [4.78, 5) is 21.3. The van der Waals surface area contributed by atoms with E-state index in [2.05, 4.69) is 26.0 Å². The first-order valence-electron chi connectivity index (χ1n) is 15.4. The fourth-order valence-corrected chi connectivity index (χ4v) is 7.16. The van der Waals surface area contributed by atoms with Crippen molar-refractivity contribution in [3.8, 4) is 11.6 Å². The first-order valence-corrected chi connectivity index (χ1v) is 15.8. The third-order valence-electron chi connectivity index (χ3n) is 9.22. The number of anilines is 1. The fraction of sp³-hybridized carbons (Fsp3) is 0.548. The minimum atomic E-state index is -4.83. The Morgan fingerprint density at radius 2 is 1.91 bits per heavy atom. The summed E-state index contributed by atoms with van der Waals surface area (Å²) in [6.07, 6.45) is 1.09. The average Bonchev–Trinajstić information content (AvgIpc) is 3.60. The molecule has 4 heterocycles. The molecule has 4 N–H and O–H groups in total. The summed E-state index contributed by atoms with van der Waals surface area (Å²) < 4.78 is 51.7. The number of alkyl halides is 3. The van der Waals surface area contributed by atoms with Gasteiger partial charge in [-0.25, -0.2) is 9.67 Å². The molecule has 3 fully saturated rings. The monoisotopic (exact) mass is 647 g/mol. The van der Waals surface area contributed by atoms with Crippen LogP contribution < -0.4 is 20.7 Å². The number of aromatic nitrogens is 4. The Kier molecular flexibility index (Phi) is 8.95. The van der Waals surface area contributed by atoms with Gasteiger partial charge >= 0.3 is 12.1 Å². The van der Waals surface area contributed by atoms with E-state index >= 15 is 0 Å². The summed E-state index contributed by atoms with van der Waals surface area (Å²) in [5.74, 6) is -1.07. The Bertz CT molecular complexity index is 1520. The highest BCUT2D eigenvalue weighted by atomic mass is 35.5. The van der Waals surface area contributed by atoms with Crippen molar-refractivity contribution in [2.24, 2.45) is 5.41 Å². The Balaban J connectivity index is 1.42. The molecular formula is C31H37ClF3N7O3. The molecule has 0 radical (unpaired) electrons. The van der Waals surface area contributed by atoms with Gasteiger partial charge in [-0.05, 0) is 75.7 Å². The van der Waals surface area contributed by atoms with Gasteiger partial charge in [-0.15, -0.1) is 0 Å². The minimum absolute atomic E-state index is 0.0716. The molecule has 242 valence electrons. The third kappa shape index (κ3) is 6.90. The lowest BCUT2D eigenvalue weighted by molar-refractivity contribution is -0.198. The van der Waals surface area contributed by atoms with Crippen LogP contribution in [-0.2, 0) is 4.79 Å². The molecule has 3 aliphatic rings. The molecule has 2 saturated heterocycles. The van der Waals surface area contributed by atoms with Crippen LogP contribution in [0.15, 0.2) is 36.5 Å². The number of carboxylic acids is 1. The number of hydrogen-bond acceptors (Lipinski definition) is 8. The summed E-state index contributed by atoms with van der Waals surface area (Å²) in [7, 11) is 0. The van der Waals surface area contributed by atoms with Crippen molar-refractivity contribution in [1.29, 1.82) is 0 Å². The van der Waals surface area contributed by atoms with Crippen LogP contribution >= 0.6 is 11.6 Å². The van der Waals surface area contributed by atoms with E-state index in [0.717, 1.165) is 32.1 Å². The molecule has 0 bridgehead atoms. The number of aryl methyl sites for hydroxylation is 1. The largest absolute Gasteiger partial charge is 0.480 e. The highest BCUT2D eigenvalue weighted by Crippen LogP contribution is 2.50. The van der Waals surface area contributed by atoms with Crippen LogP contribution in [-0.4, -0.2) is 62.2 Å². The van der Waals surface area contributed by atoms with Gasteiger partial charge in [0, 0.05) is 28.9 Å². The molecular weight excluding hydrogens is 611 g/mol. The Morgan fingerprint density at radius 3 is 2.58 bits per heavy atom. The normalized spacial score (nSPS) is 22.8. The first kappa shape index (κ1) is 31.6. The summed E-state index contributed by atoms with van der Waals surface area (Å²) in [6.45, 7) is 3.14. The van der Waals surface area contributed by atoms with Crippen molar-refractivity contribution in [2.75, 3.05) is 18.4 Å². The van der Waals surface area contributed by atoms with Crippen molar-refractivity contribution in [1.82, 2.24) is 30.4 Å². The maximum Gasteiger partial charge on any atom is 0.429 e. The van der Waals surface area contributed by atoms with Crippen molar-refractivity contribution >= 4 is 23.5 Å². The van der Waals surface area contributed by atoms with Gasteiger partial charge in [-0.2, -0.15) is 23.3 Å². The van der Waals surface area contributed by atoms with E-state index in [0.29, 0.717) is 43.7 Å². The summed E-state index contributed by atoms with van der Waals surface area (Å²) >= 11 is 6.22. The molecule has 2 aromatic heterocycles. The zero-order valence-corrected chi connectivity index (χ0v) is 25.7. The Labute approximate surface area is 264 Å². The van der Waals surface area contributed by atoms with Gasteiger partial charge in [0.05, 0.1) is 23.1 Å². The number of carboxylic acid groups (broad SMARTS) is 1. The topological polar surface area (TPSA) is 126 Å². The maximum absolute atomic E-state index is 14.9. The van der Waals surface area contributed by atoms with E-state index in [9.17, 15) is 23.1 Å². The molecule has 14 heteroatoms. The lowest BCUT2D eigenvalue weighted by Crippen LogP contribution is -2.40. The number of carbonyl (C=O) groups is 1. The summed E-state index contributed by atoms with van der Waals surface area (Å²) in [6, 6.07) is 5.95. The molecule has 10 nitrogen and oxygen atoms in total. The minimum Gasteiger partial charge on any atom is -0.480 e. The van der Waals surface area contributed by atoms with Gasteiger partial charge in [-0.1, -0.05) is 36.9 Å². The molecule has 0 amide bonds. The van der Waals surface area contributed by atoms with E-state index in [4.69, 9.17) is 21.3 Å². The number of rotatable bonds is 8. The number of ether oxygens (including phenoxy) is 1. The van der Waals surface area contributed by atoms with Crippen molar-refractivity contribution < 1.29 is 27.8 Å². The van der Waals surface area contributed by atoms with E-state index in [1.807, 2.05) is 0 Å². The second-order valence-corrected chi connectivity index (χ2v) is 12.8. The van der Waals surface area contributed by atoms with Crippen LogP contribution in [0.4, 0.5) is 19.1 Å². The van der Waals surface area contributed by atoms with Crippen molar-refractivity contribution in [3.05, 3.63) is 58.5 Å². The molecule has 1 spiro atoms. The SMILES string of the molecule is Cc1ccn(-c2cc(Cl)ccc2[C@@H](Oc2cc(C3NC(C(=O)O)CC34CCNCC4)nc(NC3CCCCC3)n2)C(F)(F)F)n1. The van der Waals surface area contributed by atoms with E-state index in [1.165, 1.54) is 28.9 Å². The molecule has 3 atom stereocenters. The van der Waals surface area contributed by atoms with Gasteiger partial charge < -0.3 is 20.5 Å². The number of nitrogens with zero attached hydrogens (tertiary/aromatic N) is 4. The quantitative estimate of drug-likeness (QED) is 0.236. The van der Waals surface area contributed by atoms with E-state index in [1.54, 1.807) is 19.2 Å². The van der Waals surface area contributed by atoms with Gasteiger partial charge in [0.15, 0.2) is 0 Å². The van der Waals surface area contributed by atoms with E-state index < -0.39 is 35.7 Å². The van der Waals surface area contributed by atoms with Gasteiger partial charge in [0.1, 0.15) is 6.04 Å². The number of benzene rings is 1. The summed E-state index contributed by atoms with van der Waals surface area (Å²) in [5.41, 5.74) is 0.538. The lowest BCUT2D eigenvalue weighted by atomic mass is 9.71. The van der Waals surface area contributed by atoms with Crippen LogP contribution in [0.3, 0.4) is 0 Å².